The highest BCUT2D eigenvalue weighted by Crippen LogP contribution is 2.51. The Hall–Kier alpha value is -0.610. The molecule has 1 saturated heterocycles. The standard InChI is InChI=1S/C17H28N2O2.ClH/c18-8-5-13-2-1-9-19(12-13)16(21)14-3-6-17(7-4-14)10-15(20)11-17;/h13-14H,1-12,18H2;1H. The molecule has 3 aliphatic rings. The number of ketones is 1. The molecule has 1 heterocycles. The number of hydrogen-bond acceptors (Lipinski definition) is 3. The van der Waals surface area contributed by atoms with Gasteiger partial charge >= 0.3 is 0 Å². The van der Waals surface area contributed by atoms with Crippen molar-refractivity contribution in [3.63, 3.8) is 0 Å². The highest BCUT2D eigenvalue weighted by atomic mass is 35.5. The zero-order valence-corrected chi connectivity index (χ0v) is 14.2. The van der Waals surface area contributed by atoms with Gasteiger partial charge in [-0.25, -0.2) is 0 Å². The molecule has 3 fully saturated rings. The molecule has 1 atom stereocenters. The molecule has 0 aromatic rings. The molecular formula is C17H29ClN2O2. The van der Waals surface area contributed by atoms with Crippen LogP contribution < -0.4 is 5.73 Å². The zero-order chi connectivity index (χ0) is 14.9. The molecule has 0 aromatic heterocycles. The van der Waals surface area contributed by atoms with Crippen molar-refractivity contribution in [3.8, 4) is 0 Å². The van der Waals surface area contributed by atoms with E-state index in [4.69, 9.17) is 5.73 Å². The molecule has 5 heteroatoms. The van der Waals surface area contributed by atoms with Crippen molar-refractivity contribution in [1.29, 1.82) is 0 Å². The molecule has 2 aliphatic carbocycles. The number of nitrogens with zero attached hydrogens (tertiary/aromatic N) is 1. The van der Waals surface area contributed by atoms with Crippen LogP contribution in [0.5, 0.6) is 0 Å². The molecule has 1 aliphatic heterocycles. The second kappa shape index (κ2) is 7.31. The molecule has 1 spiro atoms. The summed E-state index contributed by atoms with van der Waals surface area (Å²) >= 11 is 0. The Balaban J connectivity index is 0.00000176. The summed E-state index contributed by atoms with van der Waals surface area (Å²) in [5, 5.41) is 0. The van der Waals surface area contributed by atoms with Crippen molar-refractivity contribution in [3.05, 3.63) is 0 Å². The third-order valence-electron chi connectivity index (χ3n) is 5.95. The minimum absolute atomic E-state index is 0. The van der Waals surface area contributed by atoms with Crippen LogP contribution in [0.25, 0.3) is 0 Å². The lowest BCUT2D eigenvalue weighted by Crippen LogP contribution is -2.47. The molecule has 0 bridgehead atoms. The first-order chi connectivity index (χ1) is 10.1. The average Bonchev–Trinajstić information content (AvgIpc) is 2.47. The molecule has 1 amide bonds. The summed E-state index contributed by atoms with van der Waals surface area (Å²) in [6.45, 7) is 2.57. The maximum Gasteiger partial charge on any atom is 0.225 e. The third-order valence-corrected chi connectivity index (χ3v) is 5.95. The highest BCUT2D eigenvalue weighted by Gasteiger charge is 2.46. The summed E-state index contributed by atoms with van der Waals surface area (Å²) in [6, 6.07) is 0. The fourth-order valence-corrected chi connectivity index (χ4v) is 4.61. The number of amides is 1. The van der Waals surface area contributed by atoms with Gasteiger partial charge in [0.25, 0.3) is 0 Å². The van der Waals surface area contributed by atoms with Gasteiger partial charge in [-0.05, 0) is 62.8 Å². The Morgan fingerprint density at radius 1 is 1.23 bits per heavy atom. The molecule has 2 saturated carbocycles. The normalized spacial score (nSPS) is 28.1. The van der Waals surface area contributed by atoms with E-state index in [1.807, 2.05) is 0 Å². The first kappa shape index (κ1) is 17.7. The number of hydrogen-bond donors (Lipinski definition) is 1. The van der Waals surface area contributed by atoms with Gasteiger partial charge in [-0.1, -0.05) is 0 Å². The van der Waals surface area contributed by atoms with Crippen LogP contribution in [-0.2, 0) is 9.59 Å². The Morgan fingerprint density at radius 2 is 1.91 bits per heavy atom. The van der Waals surface area contributed by atoms with Gasteiger partial charge in [0, 0.05) is 31.8 Å². The first-order valence-electron chi connectivity index (χ1n) is 8.62. The van der Waals surface area contributed by atoms with Crippen LogP contribution in [0, 0.1) is 17.3 Å². The summed E-state index contributed by atoms with van der Waals surface area (Å²) in [7, 11) is 0. The van der Waals surface area contributed by atoms with Gasteiger partial charge in [0.05, 0.1) is 0 Å². The van der Waals surface area contributed by atoms with E-state index < -0.39 is 0 Å². The summed E-state index contributed by atoms with van der Waals surface area (Å²) in [5.41, 5.74) is 5.95. The number of Topliss-reactive ketones (excluding diaryl/α,β-unsaturated/α-hetero) is 1. The summed E-state index contributed by atoms with van der Waals surface area (Å²) in [4.78, 5) is 26.1. The van der Waals surface area contributed by atoms with Crippen LogP contribution in [0.4, 0.5) is 0 Å². The summed E-state index contributed by atoms with van der Waals surface area (Å²) in [6.07, 6.45) is 9.07. The van der Waals surface area contributed by atoms with Crippen molar-refractivity contribution in [2.75, 3.05) is 19.6 Å². The largest absolute Gasteiger partial charge is 0.342 e. The Bertz CT molecular complexity index is 407. The molecule has 22 heavy (non-hydrogen) atoms. The minimum Gasteiger partial charge on any atom is -0.342 e. The second-order valence-corrected chi connectivity index (χ2v) is 7.54. The molecule has 4 nitrogen and oxygen atoms in total. The quantitative estimate of drug-likeness (QED) is 0.866. The number of rotatable bonds is 3. The summed E-state index contributed by atoms with van der Waals surface area (Å²) < 4.78 is 0. The van der Waals surface area contributed by atoms with E-state index in [1.54, 1.807) is 0 Å². The zero-order valence-electron chi connectivity index (χ0n) is 13.4. The van der Waals surface area contributed by atoms with Crippen molar-refractivity contribution >= 4 is 24.1 Å². The Labute approximate surface area is 139 Å². The molecule has 2 N–H and O–H groups in total. The van der Waals surface area contributed by atoms with Gasteiger partial charge in [-0.2, -0.15) is 0 Å². The van der Waals surface area contributed by atoms with E-state index >= 15 is 0 Å². The van der Waals surface area contributed by atoms with Gasteiger partial charge in [0.1, 0.15) is 5.78 Å². The van der Waals surface area contributed by atoms with Gasteiger partial charge in [-0.3, -0.25) is 9.59 Å². The molecule has 126 valence electrons. The number of piperidine rings is 1. The molecule has 3 rings (SSSR count). The van der Waals surface area contributed by atoms with E-state index in [0.717, 1.165) is 71.0 Å². The van der Waals surface area contributed by atoms with E-state index in [1.165, 1.54) is 6.42 Å². The van der Waals surface area contributed by atoms with Crippen molar-refractivity contribution in [1.82, 2.24) is 4.90 Å². The predicted molar refractivity (Wildman–Crippen MR) is 88.9 cm³/mol. The fourth-order valence-electron chi connectivity index (χ4n) is 4.61. The average molecular weight is 329 g/mol. The number of nitrogens with two attached hydrogens (primary N) is 1. The SMILES string of the molecule is Cl.NCCC1CCCN(C(=O)C2CCC3(CC2)CC(=O)C3)C1. The minimum atomic E-state index is 0. The van der Waals surface area contributed by atoms with Crippen LogP contribution >= 0.6 is 12.4 Å². The molecular weight excluding hydrogens is 300 g/mol. The predicted octanol–water partition coefficient (Wildman–Crippen LogP) is 2.54. The van der Waals surface area contributed by atoms with Crippen molar-refractivity contribution in [2.45, 2.75) is 57.8 Å². The molecule has 0 radical (unpaired) electrons. The van der Waals surface area contributed by atoms with Gasteiger partial charge in [0.15, 0.2) is 0 Å². The maximum absolute atomic E-state index is 12.7. The Kier molecular flexibility index (Phi) is 5.89. The lowest BCUT2D eigenvalue weighted by molar-refractivity contribution is -0.142. The Morgan fingerprint density at radius 3 is 2.50 bits per heavy atom. The van der Waals surface area contributed by atoms with Crippen LogP contribution in [0.3, 0.4) is 0 Å². The van der Waals surface area contributed by atoms with E-state index in [-0.39, 0.29) is 23.7 Å². The number of halogens is 1. The lowest BCUT2D eigenvalue weighted by atomic mass is 9.58. The van der Waals surface area contributed by atoms with Gasteiger partial charge < -0.3 is 10.6 Å². The summed E-state index contributed by atoms with van der Waals surface area (Å²) in [5.74, 6) is 1.60. The van der Waals surface area contributed by atoms with Gasteiger partial charge in [-0.15, -0.1) is 12.4 Å². The van der Waals surface area contributed by atoms with E-state index in [9.17, 15) is 9.59 Å². The number of carbonyl (C=O) groups excluding carboxylic acids is 2. The van der Waals surface area contributed by atoms with Crippen LogP contribution in [0.2, 0.25) is 0 Å². The van der Waals surface area contributed by atoms with E-state index in [2.05, 4.69) is 4.90 Å². The fraction of sp³-hybridized carbons (Fsp3) is 0.882. The third kappa shape index (κ3) is 3.65. The topological polar surface area (TPSA) is 63.4 Å². The van der Waals surface area contributed by atoms with Crippen molar-refractivity contribution < 1.29 is 9.59 Å². The monoisotopic (exact) mass is 328 g/mol. The molecule has 0 aromatic carbocycles. The van der Waals surface area contributed by atoms with Crippen molar-refractivity contribution in [2.24, 2.45) is 23.0 Å². The maximum atomic E-state index is 12.7. The smallest absolute Gasteiger partial charge is 0.225 e. The van der Waals surface area contributed by atoms with Crippen LogP contribution in [0.1, 0.15) is 57.8 Å². The van der Waals surface area contributed by atoms with E-state index in [0.29, 0.717) is 17.6 Å². The number of carbonyl (C=O) groups is 2. The van der Waals surface area contributed by atoms with Crippen LogP contribution in [-0.4, -0.2) is 36.2 Å². The highest BCUT2D eigenvalue weighted by molar-refractivity contribution is 5.86. The number of likely N-dealkylation sites (tertiary alicyclic amines) is 1. The molecule has 1 unspecified atom stereocenters. The second-order valence-electron chi connectivity index (χ2n) is 7.54. The lowest BCUT2D eigenvalue weighted by Gasteiger charge is -2.46. The van der Waals surface area contributed by atoms with Crippen LogP contribution in [0.15, 0.2) is 0 Å². The van der Waals surface area contributed by atoms with Gasteiger partial charge in [0.2, 0.25) is 5.91 Å². The first-order valence-corrected chi connectivity index (χ1v) is 8.62.